The van der Waals surface area contributed by atoms with Gasteiger partial charge in [-0.25, -0.2) is 8.78 Å². The molecule has 48 heavy (non-hydrogen) atoms. The standard InChI is InChI=1S/C30H48F4O14/c31-24-23-25(32)29(34)30(28(24)33)48-27(37)2-4-39-6-8-41-10-12-43-14-16-45-18-20-47-22-21-46-19-17-44-15-13-42-11-9-40-7-5-38-3-1-26(35)36/h23,26,35-36H,1-22H2. The Morgan fingerprint density at radius 3 is 1.04 bits per heavy atom. The normalized spacial score (nSPS) is 11.6. The van der Waals surface area contributed by atoms with Crippen LogP contribution in [0.15, 0.2) is 6.07 Å². The van der Waals surface area contributed by atoms with E-state index in [1.165, 1.54) is 0 Å². The van der Waals surface area contributed by atoms with Gasteiger partial charge in [-0.05, 0) is 0 Å². The number of hydrogen-bond acceptors (Lipinski definition) is 14. The lowest BCUT2D eigenvalue weighted by molar-refractivity contribution is -0.136. The van der Waals surface area contributed by atoms with E-state index in [1.807, 2.05) is 0 Å². The summed E-state index contributed by atoms with van der Waals surface area (Å²) in [5, 5.41) is 17.3. The molecule has 0 saturated carbocycles. The predicted molar refractivity (Wildman–Crippen MR) is 158 cm³/mol. The number of esters is 1. The summed E-state index contributed by atoms with van der Waals surface area (Å²) in [5.41, 5.74) is 0. The summed E-state index contributed by atoms with van der Waals surface area (Å²) in [6.07, 6.45) is -1.58. The third-order valence-electron chi connectivity index (χ3n) is 5.61. The minimum absolute atomic E-state index is 0.0147. The Morgan fingerprint density at radius 1 is 0.479 bits per heavy atom. The van der Waals surface area contributed by atoms with Gasteiger partial charge in [0.2, 0.25) is 17.4 Å². The molecular formula is C30H48F4O14. The molecule has 14 nitrogen and oxygen atoms in total. The highest BCUT2D eigenvalue weighted by Gasteiger charge is 2.22. The van der Waals surface area contributed by atoms with Gasteiger partial charge in [0.1, 0.15) is 0 Å². The Labute approximate surface area is 277 Å². The van der Waals surface area contributed by atoms with Gasteiger partial charge < -0.3 is 62.3 Å². The fourth-order valence-electron chi connectivity index (χ4n) is 3.23. The second-order valence-corrected chi connectivity index (χ2v) is 9.41. The number of rotatable bonds is 34. The summed E-state index contributed by atoms with van der Waals surface area (Å²) in [7, 11) is 0. The van der Waals surface area contributed by atoms with E-state index in [2.05, 4.69) is 4.74 Å². The van der Waals surface area contributed by atoms with Gasteiger partial charge in [0, 0.05) is 12.5 Å². The van der Waals surface area contributed by atoms with Gasteiger partial charge >= 0.3 is 5.97 Å². The van der Waals surface area contributed by atoms with Crippen LogP contribution in [0.5, 0.6) is 5.75 Å². The Bertz CT molecular complexity index is 906. The molecule has 0 atom stereocenters. The van der Waals surface area contributed by atoms with Crippen molar-refractivity contribution in [2.24, 2.45) is 0 Å². The summed E-state index contributed by atoms with van der Waals surface area (Å²) in [6.45, 7) is 6.96. The van der Waals surface area contributed by atoms with Crippen LogP contribution in [0.1, 0.15) is 12.8 Å². The molecule has 0 aliphatic heterocycles. The Balaban J connectivity index is 1.73. The maximum absolute atomic E-state index is 13.5. The third kappa shape index (κ3) is 25.0. The van der Waals surface area contributed by atoms with Gasteiger partial charge in [-0.1, -0.05) is 0 Å². The number of carbonyl (C=O) groups excluding carboxylic acids is 1. The van der Waals surface area contributed by atoms with Crippen LogP contribution in [0.2, 0.25) is 0 Å². The minimum atomic E-state index is -1.80. The summed E-state index contributed by atoms with van der Waals surface area (Å²) in [4.78, 5) is 11.6. The van der Waals surface area contributed by atoms with E-state index in [-0.39, 0.29) is 38.9 Å². The molecule has 280 valence electrons. The lowest BCUT2D eigenvalue weighted by atomic mass is 10.3. The number of hydrogen-bond donors (Lipinski definition) is 2. The van der Waals surface area contributed by atoms with Crippen LogP contribution in [0, 0.1) is 23.3 Å². The maximum atomic E-state index is 13.5. The van der Waals surface area contributed by atoms with E-state index in [4.69, 9.17) is 57.6 Å². The minimum Gasteiger partial charge on any atom is -0.420 e. The second-order valence-electron chi connectivity index (χ2n) is 9.41. The Hall–Kier alpha value is -2.07. The Kier molecular flexibility index (Phi) is 28.3. The molecular weight excluding hydrogens is 660 g/mol. The highest BCUT2D eigenvalue weighted by molar-refractivity contribution is 5.72. The molecule has 0 radical (unpaired) electrons. The van der Waals surface area contributed by atoms with Gasteiger partial charge in [-0.15, -0.1) is 0 Å². The number of halogens is 4. The van der Waals surface area contributed by atoms with Crippen molar-refractivity contribution in [1.82, 2.24) is 0 Å². The van der Waals surface area contributed by atoms with Gasteiger partial charge in [-0.2, -0.15) is 8.78 Å². The SMILES string of the molecule is O=C(CCOCCOCCOCCOCCOCCOCCOCCOCCOCCOCCC(O)O)Oc1c(F)c(F)cc(F)c1F. The van der Waals surface area contributed by atoms with Crippen molar-refractivity contribution in [3.8, 4) is 5.75 Å². The molecule has 2 N–H and O–H groups in total. The molecule has 0 bridgehead atoms. The van der Waals surface area contributed by atoms with Crippen molar-refractivity contribution in [2.45, 2.75) is 19.1 Å². The molecule has 1 aromatic carbocycles. The number of aliphatic hydroxyl groups excluding tert-OH is 1. The highest BCUT2D eigenvalue weighted by Crippen LogP contribution is 2.26. The molecule has 0 heterocycles. The van der Waals surface area contributed by atoms with E-state index in [0.717, 1.165) is 0 Å². The maximum Gasteiger partial charge on any atom is 0.313 e. The second kappa shape index (κ2) is 30.9. The molecule has 1 aromatic rings. The number of ether oxygens (including phenoxy) is 11. The van der Waals surface area contributed by atoms with Gasteiger partial charge in [-0.3, -0.25) is 4.79 Å². The van der Waals surface area contributed by atoms with E-state index < -0.39 is 47.7 Å². The summed E-state index contributed by atoms with van der Waals surface area (Å²) in [6, 6.07) is 0.0147. The molecule has 18 heteroatoms. The predicted octanol–water partition coefficient (Wildman–Crippen LogP) is 1.41. The van der Waals surface area contributed by atoms with Crippen LogP contribution < -0.4 is 4.74 Å². The molecule has 0 aliphatic carbocycles. The topological polar surface area (TPSA) is 159 Å². The van der Waals surface area contributed by atoms with Crippen molar-refractivity contribution >= 4 is 5.97 Å². The van der Waals surface area contributed by atoms with Gasteiger partial charge in [0.25, 0.3) is 0 Å². The van der Waals surface area contributed by atoms with Crippen molar-refractivity contribution < 1.29 is 84.7 Å². The van der Waals surface area contributed by atoms with Crippen molar-refractivity contribution in [1.29, 1.82) is 0 Å². The summed E-state index contributed by atoms with van der Waals surface area (Å²) in [5.74, 6) is -9.50. The molecule has 0 amide bonds. The first-order valence-electron chi connectivity index (χ1n) is 15.5. The lowest BCUT2D eigenvalue weighted by Crippen LogP contribution is -2.16. The zero-order valence-electron chi connectivity index (χ0n) is 27.0. The van der Waals surface area contributed by atoms with Crippen LogP contribution in [0.4, 0.5) is 17.6 Å². The van der Waals surface area contributed by atoms with Crippen LogP contribution in [-0.2, 0) is 52.2 Å². The zero-order chi connectivity index (χ0) is 35.1. The first-order valence-corrected chi connectivity index (χ1v) is 15.5. The van der Waals surface area contributed by atoms with Crippen LogP contribution >= 0.6 is 0 Å². The molecule has 0 fully saturated rings. The quantitative estimate of drug-likeness (QED) is 0.0264. The number of aliphatic hydroxyl groups is 2. The van der Waals surface area contributed by atoms with Gasteiger partial charge in [0.15, 0.2) is 17.9 Å². The van der Waals surface area contributed by atoms with E-state index in [0.29, 0.717) is 106 Å². The third-order valence-corrected chi connectivity index (χ3v) is 5.61. The first kappa shape index (κ1) is 44.0. The van der Waals surface area contributed by atoms with Gasteiger partial charge in [0.05, 0.1) is 139 Å². The van der Waals surface area contributed by atoms with Crippen LogP contribution in [0.25, 0.3) is 0 Å². The first-order chi connectivity index (χ1) is 23.3. The molecule has 0 unspecified atom stereocenters. The van der Waals surface area contributed by atoms with Crippen LogP contribution in [-0.4, -0.2) is 155 Å². The average Bonchev–Trinajstić information content (AvgIpc) is 3.06. The summed E-state index contributed by atoms with van der Waals surface area (Å²) >= 11 is 0. The van der Waals surface area contributed by atoms with E-state index in [9.17, 15) is 22.4 Å². The molecule has 0 saturated heterocycles. The fraction of sp³-hybridized carbons (Fsp3) is 0.767. The van der Waals surface area contributed by atoms with E-state index in [1.54, 1.807) is 0 Å². The fourth-order valence-corrected chi connectivity index (χ4v) is 3.23. The molecule has 0 aromatic heterocycles. The smallest absolute Gasteiger partial charge is 0.313 e. The Morgan fingerprint density at radius 2 is 0.750 bits per heavy atom. The van der Waals surface area contributed by atoms with Crippen molar-refractivity contribution in [2.75, 3.05) is 132 Å². The number of carbonyl (C=O) groups is 1. The molecule has 0 spiro atoms. The lowest BCUT2D eigenvalue weighted by Gasteiger charge is -2.09. The zero-order valence-corrected chi connectivity index (χ0v) is 27.0. The average molecular weight is 709 g/mol. The summed E-state index contributed by atoms with van der Waals surface area (Å²) < 4.78 is 111. The van der Waals surface area contributed by atoms with Crippen molar-refractivity contribution in [3.63, 3.8) is 0 Å². The van der Waals surface area contributed by atoms with E-state index >= 15 is 0 Å². The largest absolute Gasteiger partial charge is 0.420 e. The highest BCUT2D eigenvalue weighted by atomic mass is 19.2. The van der Waals surface area contributed by atoms with Crippen molar-refractivity contribution in [3.05, 3.63) is 29.3 Å². The van der Waals surface area contributed by atoms with Crippen LogP contribution in [0.3, 0.4) is 0 Å². The monoisotopic (exact) mass is 708 g/mol. The molecule has 1 rings (SSSR count). The number of benzene rings is 1. The molecule has 0 aliphatic rings.